The summed E-state index contributed by atoms with van der Waals surface area (Å²) in [4.78, 5) is 4.02. The van der Waals surface area contributed by atoms with E-state index in [2.05, 4.69) is 4.98 Å². The van der Waals surface area contributed by atoms with Crippen LogP contribution in [-0.2, 0) is 0 Å². The van der Waals surface area contributed by atoms with Crippen molar-refractivity contribution in [1.82, 2.24) is 4.98 Å². The second-order valence-electron chi connectivity index (χ2n) is 4.45. The molecule has 1 unspecified atom stereocenters. The van der Waals surface area contributed by atoms with Crippen LogP contribution in [0.5, 0.6) is 0 Å². The summed E-state index contributed by atoms with van der Waals surface area (Å²) < 4.78 is 0. The number of aromatic nitrogens is 1. The zero-order valence-electron chi connectivity index (χ0n) is 10.3. The number of hydrogen-bond donors (Lipinski definition) is 2. The summed E-state index contributed by atoms with van der Waals surface area (Å²) in [6.07, 6.45) is 0.856. The van der Waals surface area contributed by atoms with Gasteiger partial charge in [0, 0.05) is 11.8 Å². The van der Waals surface area contributed by atoms with Gasteiger partial charge in [-0.1, -0.05) is 48.5 Å². The van der Waals surface area contributed by atoms with E-state index >= 15 is 0 Å². The van der Waals surface area contributed by atoms with Gasteiger partial charge < -0.3 is 10.8 Å². The quantitative estimate of drug-likeness (QED) is 0.735. The topological polar surface area (TPSA) is 59.1 Å². The summed E-state index contributed by atoms with van der Waals surface area (Å²) in [5.74, 6) is 0.364. The Morgan fingerprint density at radius 3 is 2.47 bits per heavy atom. The number of anilines is 1. The molecule has 0 aliphatic heterocycles. The Bertz CT molecular complexity index is 719. The highest BCUT2D eigenvalue weighted by molar-refractivity contribution is 5.86. The van der Waals surface area contributed by atoms with Crippen molar-refractivity contribution < 1.29 is 5.11 Å². The van der Waals surface area contributed by atoms with Gasteiger partial charge in [0.05, 0.1) is 0 Å². The third-order valence-electron chi connectivity index (χ3n) is 3.28. The van der Waals surface area contributed by atoms with Crippen molar-refractivity contribution in [3.63, 3.8) is 0 Å². The lowest BCUT2D eigenvalue weighted by Gasteiger charge is -2.15. The molecule has 3 heteroatoms. The minimum absolute atomic E-state index is 0.364. The molecule has 94 valence electrons. The van der Waals surface area contributed by atoms with Gasteiger partial charge in [0.25, 0.3) is 0 Å². The lowest BCUT2D eigenvalue weighted by atomic mass is 9.96. The Kier molecular flexibility index (Phi) is 2.89. The molecular weight excluding hydrogens is 236 g/mol. The van der Waals surface area contributed by atoms with E-state index in [1.807, 2.05) is 42.5 Å². The van der Waals surface area contributed by atoms with Gasteiger partial charge in [-0.15, -0.1) is 0 Å². The molecule has 0 saturated carbocycles. The number of aliphatic hydroxyl groups is 1. The van der Waals surface area contributed by atoms with Crippen molar-refractivity contribution in [3.05, 3.63) is 71.9 Å². The number of rotatable bonds is 2. The predicted molar refractivity (Wildman–Crippen MR) is 76.7 cm³/mol. The Morgan fingerprint density at radius 2 is 1.63 bits per heavy atom. The van der Waals surface area contributed by atoms with Crippen LogP contribution in [0, 0.1) is 0 Å². The number of benzene rings is 2. The first-order valence-electron chi connectivity index (χ1n) is 6.13. The summed E-state index contributed by atoms with van der Waals surface area (Å²) >= 11 is 0. The zero-order valence-corrected chi connectivity index (χ0v) is 10.3. The maximum Gasteiger partial charge on any atom is 0.129 e. The van der Waals surface area contributed by atoms with Gasteiger partial charge in [0.1, 0.15) is 11.9 Å². The third kappa shape index (κ3) is 2.04. The number of nitrogens with two attached hydrogens (primary N) is 1. The number of hydrogen-bond acceptors (Lipinski definition) is 3. The average Bonchev–Trinajstić information content (AvgIpc) is 2.46. The second-order valence-corrected chi connectivity index (χ2v) is 4.45. The number of aliphatic hydroxyl groups excluding tert-OH is 1. The van der Waals surface area contributed by atoms with E-state index in [1.165, 1.54) is 0 Å². The van der Waals surface area contributed by atoms with E-state index in [-0.39, 0.29) is 0 Å². The lowest BCUT2D eigenvalue weighted by molar-refractivity contribution is 0.222. The molecule has 3 aromatic rings. The summed E-state index contributed by atoms with van der Waals surface area (Å²) in [5, 5.41) is 12.7. The second kappa shape index (κ2) is 4.71. The molecule has 2 aromatic carbocycles. The minimum atomic E-state index is -0.764. The smallest absolute Gasteiger partial charge is 0.129 e. The summed E-state index contributed by atoms with van der Waals surface area (Å²) in [6, 6.07) is 17.4. The van der Waals surface area contributed by atoms with Crippen LogP contribution in [0.25, 0.3) is 10.8 Å². The Hall–Kier alpha value is -2.39. The summed E-state index contributed by atoms with van der Waals surface area (Å²) in [5.41, 5.74) is 7.31. The highest BCUT2D eigenvalue weighted by atomic mass is 16.3. The third-order valence-corrected chi connectivity index (χ3v) is 3.28. The van der Waals surface area contributed by atoms with E-state index in [9.17, 15) is 5.11 Å². The van der Waals surface area contributed by atoms with Crippen LogP contribution in [0.4, 0.5) is 5.82 Å². The molecule has 0 bridgehead atoms. The predicted octanol–water partition coefficient (Wildman–Crippen LogP) is 2.90. The minimum Gasteiger partial charge on any atom is -0.383 e. The first kappa shape index (κ1) is 11.7. The van der Waals surface area contributed by atoms with Gasteiger partial charge >= 0.3 is 0 Å². The number of nitrogen functional groups attached to an aromatic ring is 1. The summed E-state index contributed by atoms with van der Waals surface area (Å²) in [7, 11) is 0. The molecule has 19 heavy (non-hydrogen) atoms. The van der Waals surface area contributed by atoms with Crippen molar-refractivity contribution >= 4 is 16.6 Å². The first-order chi connectivity index (χ1) is 9.27. The normalized spacial score (nSPS) is 12.5. The van der Waals surface area contributed by atoms with Gasteiger partial charge in [-0.05, 0) is 22.4 Å². The van der Waals surface area contributed by atoms with Crippen LogP contribution < -0.4 is 5.73 Å². The molecule has 1 heterocycles. The molecule has 3 N–H and O–H groups in total. The SMILES string of the molecule is Nc1ncccc1C(O)c1cccc2ccccc12. The number of nitrogens with zero attached hydrogens (tertiary/aromatic N) is 1. The van der Waals surface area contributed by atoms with E-state index in [0.717, 1.165) is 16.3 Å². The number of pyridine rings is 1. The fourth-order valence-electron chi connectivity index (χ4n) is 2.32. The molecule has 0 fully saturated rings. The van der Waals surface area contributed by atoms with Gasteiger partial charge in [0.2, 0.25) is 0 Å². The average molecular weight is 250 g/mol. The number of fused-ring (bicyclic) bond motifs is 1. The van der Waals surface area contributed by atoms with Crippen molar-refractivity contribution in [3.8, 4) is 0 Å². The van der Waals surface area contributed by atoms with E-state index in [1.54, 1.807) is 18.3 Å². The summed E-state index contributed by atoms with van der Waals surface area (Å²) in [6.45, 7) is 0. The van der Waals surface area contributed by atoms with Crippen molar-refractivity contribution in [1.29, 1.82) is 0 Å². The molecule has 0 spiro atoms. The largest absolute Gasteiger partial charge is 0.383 e. The molecule has 0 saturated heterocycles. The molecule has 0 amide bonds. The highest BCUT2D eigenvalue weighted by Crippen LogP contribution is 2.30. The molecule has 3 rings (SSSR count). The molecule has 0 aliphatic rings. The molecule has 0 aliphatic carbocycles. The van der Waals surface area contributed by atoms with Gasteiger partial charge in [0.15, 0.2) is 0 Å². The van der Waals surface area contributed by atoms with Gasteiger partial charge in [-0.25, -0.2) is 4.98 Å². The maximum atomic E-state index is 10.6. The van der Waals surface area contributed by atoms with Crippen LogP contribution >= 0.6 is 0 Å². The van der Waals surface area contributed by atoms with E-state index < -0.39 is 6.10 Å². The molecule has 3 nitrogen and oxygen atoms in total. The van der Waals surface area contributed by atoms with Crippen molar-refractivity contribution in [2.45, 2.75) is 6.10 Å². The van der Waals surface area contributed by atoms with Gasteiger partial charge in [-0.2, -0.15) is 0 Å². The Labute approximate surface area is 111 Å². The molecule has 1 aromatic heterocycles. The fourth-order valence-corrected chi connectivity index (χ4v) is 2.32. The first-order valence-corrected chi connectivity index (χ1v) is 6.13. The van der Waals surface area contributed by atoms with Crippen LogP contribution in [0.1, 0.15) is 17.2 Å². The van der Waals surface area contributed by atoms with Crippen LogP contribution in [-0.4, -0.2) is 10.1 Å². The lowest BCUT2D eigenvalue weighted by Crippen LogP contribution is -2.05. The van der Waals surface area contributed by atoms with Crippen molar-refractivity contribution in [2.75, 3.05) is 5.73 Å². The fraction of sp³-hybridized carbons (Fsp3) is 0.0625. The monoisotopic (exact) mass is 250 g/mol. The van der Waals surface area contributed by atoms with Crippen molar-refractivity contribution in [2.24, 2.45) is 0 Å². The van der Waals surface area contributed by atoms with E-state index in [0.29, 0.717) is 11.4 Å². The highest BCUT2D eigenvalue weighted by Gasteiger charge is 2.15. The molecule has 0 radical (unpaired) electrons. The Morgan fingerprint density at radius 1 is 0.895 bits per heavy atom. The zero-order chi connectivity index (χ0) is 13.2. The maximum absolute atomic E-state index is 10.6. The van der Waals surface area contributed by atoms with Crippen LogP contribution in [0.15, 0.2) is 60.8 Å². The van der Waals surface area contributed by atoms with Crippen LogP contribution in [0.3, 0.4) is 0 Å². The van der Waals surface area contributed by atoms with E-state index in [4.69, 9.17) is 5.73 Å². The molecular formula is C16H14N2O. The Balaban J connectivity index is 2.17. The van der Waals surface area contributed by atoms with Gasteiger partial charge in [-0.3, -0.25) is 0 Å². The van der Waals surface area contributed by atoms with Crippen LogP contribution in [0.2, 0.25) is 0 Å². The standard InChI is InChI=1S/C16H14N2O/c17-16-14(9-4-10-18-16)15(19)13-8-3-6-11-5-1-2-7-12(11)13/h1-10,15,19H,(H2,17,18). The molecule has 1 atom stereocenters.